The van der Waals surface area contributed by atoms with Crippen LogP contribution >= 0.6 is 11.8 Å². The lowest BCUT2D eigenvalue weighted by atomic mass is 10.1. The standard InChI is InChI=1S/C17H19FN2OS/c1-3-6-15(18)12(2)16(19)22-17(20-11-21)10-9-13-7-4-5-8-14(13)17/h4-5,7-8,19-21H,9-11H2,1-2H3/b15-12-,19-16?. The molecule has 0 saturated carbocycles. The van der Waals surface area contributed by atoms with Crippen LogP contribution in [0.5, 0.6) is 0 Å². The third-order valence-corrected chi connectivity index (χ3v) is 5.17. The molecule has 1 aromatic rings. The van der Waals surface area contributed by atoms with Gasteiger partial charge in [0, 0.05) is 5.57 Å². The molecule has 0 spiro atoms. The summed E-state index contributed by atoms with van der Waals surface area (Å²) in [4.78, 5) is -0.594. The summed E-state index contributed by atoms with van der Waals surface area (Å²) in [6.07, 6.45) is 1.61. The molecule has 1 aliphatic carbocycles. The minimum absolute atomic E-state index is 0.123. The summed E-state index contributed by atoms with van der Waals surface area (Å²) in [5.41, 5.74) is 2.47. The van der Waals surface area contributed by atoms with Crippen molar-refractivity contribution in [2.45, 2.75) is 31.6 Å². The molecule has 2 rings (SSSR count). The number of hydrogen-bond acceptors (Lipinski definition) is 4. The van der Waals surface area contributed by atoms with Gasteiger partial charge < -0.3 is 5.11 Å². The maximum atomic E-state index is 13.8. The number of fused-ring (bicyclic) bond motifs is 1. The summed E-state index contributed by atoms with van der Waals surface area (Å²) >= 11 is 1.23. The van der Waals surface area contributed by atoms with Gasteiger partial charge in [0.25, 0.3) is 0 Å². The van der Waals surface area contributed by atoms with Crippen LogP contribution in [-0.4, -0.2) is 16.9 Å². The van der Waals surface area contributed by atoms with E-state index in [0.717, 1.165) is 18.4 Å². The normalized spacial score (nSPS) is 20.7. The number of aliphatic hydroxyl groups excluding tert-OH is 1. The number of thioether (sulfide) groups is 1. The van der Waals surface area contributed by atoms with E-state index in [0.29, 0.717) is 0 Å². The molecule has 0 radical (unpaired) electrons. The summed E-state index contributed by atoms with van der Waals surface area (Å²) in [5, 5.41) is 20.7. The predicted octanol–water partition coefficient (Wildman–Crippen LogP) is 3.30. The molecule has 116 valence electrons. The predicted molar refractivity (Wildman–Crippen MR) is 89.2 cm³/mol. The number of halogens is 1. The zero-order chi connectivity index (χ0) is 16.2. The SMILES string of the molecule is CC#C/C(F)=C(\C)C(=N)SC1(NCO)CCc2ccccc21. The number of allylic oxidation sites excluding steroid dienone is 1. The number of hydrogen-bond donors (Lipinski definition) is 3. The van der Waals surface area contributed by atoms with Gasteiger partial charge in [-0.05, 0) is 43.7 Å². The fourth-order valence-electron chi connectivity index (χ4n) is 2.59. The molecule has 0 aliphatic heterocycles. The Morgan fingerprint density at radius 3 is 2.91 bits per heavy atom. The number of nitrogens with one attached hydrogen (secondary N) is 2. The second-order valence-electron chi connectivity index (χ2n) is 5.06. The first kappa shape index (κ1) is 16.8. The molecule has 3 N–H and O–H groups in total. The van der Waals surface area contributed by atoms with E-state index >= 15 is 0 Å². The van der Waals surface area contributed by atoms with Crippen molar-refractivity contribution in [3.63, 3.8) is 0 Å². The molecule has 22 heavy (non-hydrogen) atoms. The van der Waals surface area contributed by atoms with Gasteiger partial charge in [-0.3, -0.25) is 10.7 Å². The summed E-state index contributed by atoms with van der Waals surface area (Å²) in [7, 11) is 0. The van der Waals surface area contributed by atoms with Crippen LogP contribution in [0.3, 0.4) is 0 Å². The van der Waals surface area contributed by atoms with E-state index in [9.17, 15) is 9.50 Å². The molecule has 0 fully saturated rings. The Hall–Kier alpha value is -1.61. The Kier molecular flexibility index (Phi) is 5.41. The minimum Gasteiger partial charge on any atom is -0.381 e. The Morgan fingerprint density at radius 2 is 2.23 bits per heavy atom. The fraction of sp³-hybridized carbons (Fsp3) is 0.353. The quantitative estimate of drug-likeness (QED) is 0.345. The van der Waals surface area contributed by atoms with Crippen LogP contribution in [-0.2, 0) is 11.3 Å². The van der Waals surface area contributed by atoms with Gasteiger partial charge in [-0.1, -0.05) is 41.9 Å². The third-order valence-electron chi connectivity index (χ3n) is 3.74. The van der Waals surface area contributed by atoms with E-state index < -0.39 is 10.7 Å². The van der Waals surface area contributed by atoms with E-state index in [2.05, 4.69) is 17.2 Å². The van der Waals surface area contributed by atoms with Crippen LogP contribution in [0.4, 0.5) is 4.39 Å². The van der Waals surface area contributed by atoms with Crippen LogP contribution in [0.1, 0.15) is 31.4 Å². The van der Waals surface area contributed by atoms with Crippen LogP contribution in [0.15, 0.2) is 35.7 Å². The maximum absolute atomic E-state index is 13.8. The monoisotopic (exact) mass is 318 g/mol. The summed E-state index contributed by atoms with van der Waals surface area (Å²) < 4.78 is 13.8. The van der Waals surface area contributed by atoms with Crippen LogP contribution in [0.2, 0.25) is 0 Å². The average Bonchev–Trinajstić information content (AvgIpc) is 2.86. The lowest BCUT2D eigenvalue weighted by molar-refractivity contribution is 0.231. The Labute approximate surface area is 134 Å². The molecule has 0 bridgehead atoms. The molecule has 0 amide bonds. The van der Waals surface area contributed by atoms with Crippen molar-refractivity contribution >= 4 is 16.8 Å². The van der Waals surface area contributed by atoms with Crippen LogP contribution in [0.25, 0.3) is 0 Å². The molecule has 0 aromatic heterocycles. The first-order valence-corrected chi connectivity index (χ1v) is 7.87. The molecule has 5 heteroatoms. The fourth-order valence-corrected chi connectivity index (χ4v) is 3.83. The molecule has 1 atom stereocenters. The zero-order valence-electron chi connectivity index (χ0n) is 12.7. The summed E-state index contributed by atoms with van der Waals surface area (Å²) in [5.74, 6) is 4.28. The highest BCUT2D eigenvalue weighted by atomic mass is 32.2. The van der Waals surface area contributed by atoms with E-state index in [1.807, 2.05) is 24.3 Å². The third kappa shape index (κ3) is 3.25. The van der Waals surface area contributed by atoms with Gasteiger partial charge in [-0.15, -0.1) is 0 Å². The van der Waals surface area contributed by atoms with Gasteiger partial charge in [0.05, 0.1) is 16.6 Å². The van der Waals surface area contributed by atoms with Gasteiger partial charge in [-0.2, -0.15) is 4.39 Å². The molecular weight excluding hydrogens is 299 g/mol. The van der Waals surface area contributed by atoms with Crippen molar-refractivity contribution in [3.8, 4) is 11.8 Å². The van der Waals surface area contributed by atoms with Gasteiger partial charge in [0.1, 0.15) is 0 Å². The van der Waals surface area contributed by atoms with E-state index in [1.54, 1.807) is 13.8 Å². The highest BCUT2D eigenvalue weighted by molar-refractivity contribution is 8.15. The van der Waals surface area contributed by atoms with Crippen LogP contribution < -0.4 is 5.32 Å². The highest BCUT2D eigenvalue weighted by Crippen LogP contribution is 2.46. The second kappa shape index (κ2) is 7.10. The van der Waals surface area contributed by atoms with E-state index in [-0.39, 0.29) is 17.3 Å². The largest absolute Gasteiger partial charge is 0.381 e. The molecule has 1 aliphatic rings. The van der Waals surface area contributed by atoms with Crippen molar-refractivity contribution in [3.05, 3.63) is 46.8 Å². The van der Waals surface area contributed by atoms with Crippen molar-refractivity contribution in [1.29, 1.82) is 5.41 Å². The number of aryl methyl sites for hydroxylation is 1. The van der Waals surface area contributed by atoms with Gasteiger partial charge in [0.15, 0.2) is 5.83 Å². The van der Waals surface area contributed by atoms with E-state index in [1.165, 1.54) is 17.3 Å². The lowest BCUT2D eigenvalue weighted by Gasteiger charge is -2.30. The molecule has 3 nitrogen and oxygen atoms in total. The Bertz CT molecular complexity index is 671. The van der Waals surface area contributed by atoms with Crippen molar-refractivity contribution in [2.75, 3.05) is 6.73 Å². The number of rotatable bonds is 4. The zero-order valence-corrected chi connectivity index (χ0v) is 13.5. The van der Waals surface area contributed by atoms with Crippen LogP contribution in [0, 0.1) is 17.3 Å². The molecule has 1 unspecified atom stereocenters. The lowest BCUT2D eigenvalue weighted by Crippen LogP contribution is -2.39. The van der Waals surface area contributed by atoms with Gasteiger partial charge in [-0.25, -0.2) is 0 Å². The smallest absolute Gasteiger partial charge is 0.178 e. The second-order valence-corrected chi connectivity index (χ2v) is 6.37. The first-order chi connectivity index (χ1) is 10.5. The van der Waals surface area contributed by atoms with Crippen molar-refractivity contribution < 1.29 is 9.50 Å². The van der Waals surface area contributed by atoms with E-state index in [4.69, 9.17) is 5.41 Å². The highest BCUT2D eigenvalue weighted by Gasteiger charge is 2.40. The van der Waals surface area contributed by atoms with Gasteiger partial charge in [0.2, 0.25) is 0 Å². The maximum Gasteiger partial charge on any atom is 0.178 e. The Balaban J connectivity index is 2.33. The minimum atomic E-state index is -0.594. The summed E-state index contributed by atoms with van der Waals surface area (Å²) in [6, 6.07) is 7.96. The van der Waals surface area contributed by atoms with Crippen molar-refractivity contribution in [2.24, 2.45) is 0 Å². The topological polar surface area (TPSA) is 56.1 Å². The van der Waals surface area contributed by atoms with Crippen molar-refractivity contribution in [1.82, 2.24) is 5.32 Å². The molecule has 0 heterocycles. The van der Waals surface area contributed by atoms with Gasteiger partial charge >= 0.3 is 0 Å². The molecular formula is C17H19FN2OS. The first-order valence-electron chi connectivity index (χ1n) is 7.05. The number of benzene rings is 1. The number of aliphatic hydroxyl groups is 1. The molecule has 0 saturated heterocycles. The summed E-state index contributed by atoms with van der Waals surface area (Å²) in [6.45, 7) is 2.92. The Morgan fingerprint density at radius 1 is 1.50 bits per heavy atom. The molecule has 1 aromatic carbocycles. The average molecular weight is 318 g/mol.